The molecule has 4 aromatic rings. The fourth-order valence-corrected chi connectivity index (χ4v) is 3.46. The molecule has 4 rings (SSSR count). The van der Waals surface area contributed by atoms with Crippen LogP contribution >= 0.6 is 11.6 Å². The molecule has 7 nitrogen and oxygen atoms in total. The predicted molar refractivity (Wildman–Crippen MR) is 120 cm³/mol. The van der Waals surface area contributed by atoms with E-state index in [0.717, 1.165) is 12.0 Å². The highest BCUT2D eigenvalue weighted by Crippen LogP contribution is 2.17. The van der Waals surface area contributed by atoms with E-state index >= 15 is 0 Å². The van der Waals surface area contributed by atoms with Gasteiger partial charge >= 0.3 is 0 Å². The Morgan fingerprint density at radius 1 is 1.10 bits per heavy atom. The minimum atomic E-state index is -0.267. The molecular formula is C23H20ClN5O2. The van der Waals surface area contributed by atoms with Crippen LogP contribution in [-0.4, -0.2) is 37.3 Å². The molecule has 156 valence electrons. The van der Waals surface area contributed by atoms with E-state index in [-0.39, 0.29) is 18.0 Å². The van der Waals surface area contributed by atoms with Gasteiger partial charge in [-0.05, 0) is 24.6 Å². The summed E-state index contributed by atoms with van der Waals surface area (Å²) in [7, 11) is 0. The molecule has 2 aromatic heterocycles. The van der Waals surface area contributed by atoms with Crippen molar-refractivity contribution in [2.45, 2.75) is 19.9 Å². The minimum Gasteiger partial charge on any atom is -0.331 e. The minimum absolute atomic E-state index is 0.158. The topological polar surface area (TPSA) is 91.8 Å². The number of fused-ring (bicyclic) bond motifs is 1. The van der Waals surface area contributed by atoms with Crippen molar-refractivity contribution < 1.29 is 4.79 Å². The molecule has 8 heteroatoms. The second kappa shape index (κ2) is 9.06. The monoisotopic (exact) mass is 433 g/mol. The van der Waals surface area contributed by atoms with Crippen LogP contribution in [0.2, 0.25) is 5.02 Å². The van der Waals surface area contributed by atoms with E-state index in [1.807, 2.05) is 37.3 Å². The summed E-state index contributed by atoms with van der Waals surface area (Å²) in [6, 6.07) is 14.5. The zero-order chi connectivity index (χ0) is 21.8. The fraction of sp³-hybridized carbons (Fsp3) is 0.174. The maximum atomic E-state index is 13.1. The van der Waals surface area contributed by atoms with Crippen LogP contribution in [-0.2, 0) is 6.54 Å². The summed E-state index contributed by atoms with van der Waals surface area (Å²) in [5, 5.41) is 0.945. The number of carbonyl (C=O) groups is 1. The van der Waals surface area contributed by atoms with Crippen molar-refractivity contribution in [3.05, 3.63) is 87.7 Å². The summed E-state index contributed by atoms with van der Waals surface area (Å²) in [6.45, 7) is 2.63. The molecule has 0 unspecified atom stereocenters. The lowest BCUT2D eigenvalue weighted by atomic mass is 10.2. The van der Waals surface area contributed by atoms with Gasteiger partial charge in [-0.15, -0.1) is 0 Å². The molecule has 31 heavy (non-hydrogen) atoms. The highest BCUT2D eigenvalue weighted by atomic mass is 35.5. The molecule has 0 fully saturated rings. The second-order valence-corrected chi connectivity index (χ2v) is 7.50. The zero-order valence-electron chi connectivity index (χ0n) is 16.9. The van der Waals surface area contributed by atoms with Crippen LogP contribution in [0.3, 0.4) is 0 Å². The molecule has 2 heterocycles. The van der Waals surface area contributed by atoms with Gasteiger partial charge in [0.1, 0.15) is 5.82 Å². The summed E-state index contributed by atoms with van der Waals surface area (Å²) in [5.41, 5.74) is 1.48. The lowest BCUT2D eigenvalue weighted by molar-refractivity contribution is 0.0738. The molecule has 0 aliphatic carbocycles. The third-order valence-corrected chi connectivity index (χ3v) is 5.00. The Morgan fingerprint density at radius 2 is 1.84 bits per heavy atom. The lowest BCUT2D eigenvalue weighted by Crippen LogP contribution is -2.33. The summed E-state index contributed by atoms with van der Waals surface area (Å²) in [5.74, 6) is 0.718. The molecule has 0 atom stereocenters. The Labute approximate surface area is 183 Å². The van der Waals surface area contributed by atoms with Crippen LogP contribution in [0.15, 0.2) is 65.7 Å². The average molecular weight is 434 g/mol. The Balaban J connectivity index is 1.59. The van der Waals surface area contributed by atoms with Gasteiger partial charge in [0.15, 0.2) is 5.82 Å². The third-order valence-electron chi connectivity index (χ3n) is 4.77. The second-order valence-electron chi connectivity index (χ2n) is 7.06. The molecule has 0 aliphatic rings. The van der Waals surface area contributed by atoms with E-state index < -0.39 is 0 Å². The number of carbonyl (C=O) groups excluding carboxylic acids is 1. The first-order valence-corrected chi connectivity index (χ1v) is 10.3. The van der Waals surface area contributed by atoms with E-state index in [0.29, 0.717) is 39.7 Å². The predicted octanol–water partition coefficient (Wildman–Crippen LogP) is 4.09. The molecule has 0 bridgehead atoms. The van der Waals surface area contributed by atoms with Crippen molar-refractivity contribution >= 4 is 28.4 Å². The SMILES string of the molecule is CCCN(Cc1nc2cc(Cl)ccc2c(=O)[nH]1)C(=O)c1cnc(-c2ccccc2)nc1. The van der Waals surface area contributed by atoms with Crippen molar-refractivity contribution in [3.8, 4) is 11.4 Å². The van der Waals surface area contributed by atoms with Gasteiger partial charge in [-0.1, -0.05) is 48.9 Å². The van der Waals surface area contributed by atoms with Gasteiger partial charge in [0.25, 0.3) is 11.5 Å². The van der Waals surface area contributed by atoms with Gasteiger partial charge in [0, 0.05) is 29.5 Å². The van der Waals surface area contributed by atoms with Crippen LogP contribution in [0.25, 0.3) is 22.3 Å². The van der Waals surface area contributed by atoms with Gasteiger partial charge < -0.3 is 9.88 Å². The number of halogens is 1. The first kappa shape index (κ1) is 20.7. The summed E-state index contributed by atoms with van der Waals surface area (Å²) in [6.07, 6.45) is 3.80. The summed E-state index contributed by atoms with van der Waals surface area (Å²) < 4.78 is 0. The largest absolute Gasteiger partial charge is 0.331 e. The van der Waals surface area contributed by atoms with Crippen LogP contribution in [0, 0.1) is 0 Å². The van der Waals surface area contributed by atoms with Crippen LogP contribution < -0.4 is 5.56 Å². The smallest absolute Gasteiger partial charge is 0.258 e. The van der Waals surface area contributed by atoms with Crippen molar-refractivity contribution in [1.29, 1.82) is 0 Å². The fourth-order valence-electron chi connectivity index (χ4n) is 3.30. The molecule has 1 N–H and O–H groups in total. The normalized spacial score (nSPS) is 10.9. The highest BCUT2D eigenvalue weighted by Gasteiger charge is 2.18. The lowest BCUT2D eigenvalue weighted by Gasteiger charge is -2.21. The maximum absolute atomic E-state index is 13.1. The van der Waals surface area contributed by atoms with E-state index in [1.165, 1.54) is 12.4 Å². The summed E-state index contributed by atoms with van der Waals surface area (Å²) >= 11 is 6.04. The third kappa shape index (κ3) is 4.62. The molecule has 0 saturated heterocycles. The Morgan fingerprint density at radius 3 is 2.55 bits per heavy atom. The molecule has 0 radical (unpaired) electrons. The standard InChI is InChI=1S/C23H20ClN5O2/c1-2-10-29(14-20-27-19-11-17(24)8-9-18(19)22(30)28-20)23(31)16-12-25-21(26-13-16)15-6-4-3-5-7-15/h3-9,11-13H,2,10,14H2,1H3,(H,27,28,30). The van der Waals surface area contributed by atoms with E-state index in [4.69, 9.17) is 11.6 Å². The van der Waals surface area contributed by atoms with Crippen LogP contribution in [0.1, 0.15) is 29.5 Å². The van der Waals surface area contributed by atoms with Crippen molar-refractivity contribution in [1.82, 2.24) is 24.8 Å². The Hall–Kier alpha value is -3.58. The van der Waals surface area contributed by atoms with Crippen LogP contribution in [0.5, 0.6) is 0 Å². The number of hydrogen-bond donors (Lipinski definition) is 1. The quantitative estimate of drug-likeness (QED) is 0.494. The number of benzene rings is 2. The first-order chi connectivity index (χ1) is 15.0. The molecule has 2 aromatic carbocycles. The van der Waals surface area contributed by atoms with Gasteiger partial charge in [0.05, 0.1) is 23.0 Å². The van der Waals surface area contributed by atoms with Gasteiger partial charge in [0.2, 0.25) is 0 Å². The molecule has 0 aliphatic heterocycles. The number of amides is 1. The molecule has 0 saturated carbocycles. The average Bonchev–Trinajstić information content (AvgIpc) is 2.79. The first-order valence-electron chi connectivity index (χ1n) is 9.90. The van der Waals surface area contributed by atoms with Crippen molar-refractivity contribution in [3.63, 3.8) is 0 Å². The number of nitrogens with one attached hydrogen (secondary N) is 1. The van der Waals surface area contributed by atoms with E-state index in [1.54, 1.807) is 23.1 Å². The van der Waals surface area contributed by atoms with Gasteiger partial charge in [-0.3, -0.25) is 9.59 Å². The van der Waals surface area contributed by atoms with Gasteiger partial charge in [-0.25, -0.2) is 15.0 Å². The van der Waals surface area contributed by atoms with Crippen molar-refractivity contribution in [2.75, 3.05) is 6.54 Å². The molecular weight excluding hydrogens is 414 g/mol. The van der Waals surface area contributed by atoms with E-state index in [2.05, 4.69) is 19.9 Å². The number of nitrogens with zero attached hydrogens (tertiary/aromatic N) is 4. The number of aromatic nitrogens is 4. The molecule has 1 amide bonds. The Bertz CT molecular complexity index is 1270. The maximum Gasteiger partial charge on any atom is 0.258 e. The summed E-state index contributed by atoms with van der Waals surface area (Å²) in [4.78, 5) is 43.0. The number of rotatable bonds is 6. The van der Waals surface area contributed by atoms with Crippen molar-refractivity contribution in [2.24, 2.45) is 0 Å². The number of aromatic amines is 1. The number of hydrogen-bond acceptors (Lipinski definition) is 5. The highest BCUT2D eigenvalue weighted by molar-refractivity contribution is 6.31. The van der Waals surface area contributed by atoms with Gasteiger partial charge in [-0.2, -0.15) is 0 Å². The number of H-pyrrole nitrogens is 1. The van der Waals surface area contributed by atoms with E-state index in [9.17, 15) is 9.59 Å². The zero-order valence-corrected chi connectivity index (χ0v) is 17.6. The molecule has 0 spiro atoms. The Kier molecular flexibility index (Phi) is 6.04. The van der Waals surface area contributed by atoms with Crippen LogP contribution in [0.4, 0.5) is 0 Å².